The van der Waals surface area contributed by atoms with Gasteiger partial charge in [-0.1, -0.05) is 0 Å². The van der Waals surface area contributed by atoms with E-state index in [9.17, 15) is 10.1 Å². The van der Waals surface area contributed by atoms with E-state index >= 15 is 0 Å². The van der Waals surface area contributed by atoms with Gasteiger partial charge in [-0.15, -0.1) is 0 Å². The molecule has 0 saturated carbocycles. The molecule has 7 nitrogen and oxygen atoms in total. The lowest BCUT2D eigenvalue weighted by molar-refractivity contribution is -0.385. The van der Waals surface area contributed by atoms with E-state index in [4.69, 9.17) is 9.47 Å². The average molecular weight is 285 g/mol. The lowest BCUT2D eigenvalue weighted by atomic mass is 10.3. The third kappa shape index (κ3) is 2.36. The van der Waals surface area contributed by atoms with Gasteiger partial charge in [0, 0.05) is 30.7 Å². The second-order valence-electron chi connectivity index (χ2n) is 4.22. The predicted molar refractivity (Wildman–Crippen MR) is 74.9 cm³/mol. The number of methoxy groups -OCH3 is 1. The van der Waals surface area contributed by atoms with E-state index in [0.29, 0.717) is 17.1 Å². The number of nitro benzene ring substituents is 1. The fraction of sp³-hybridized carbons (Fsp3) is 0.0714. The molecule has 2 aromatic heterocycles. The van der Waals surface area contributed by atoms with Crippen molar-refractivity contribution in [2.75, 3.05) is 7.11 Å². The molecule has 3 rings (SSSR count). The third-order valence-electron chi connectivity index (χ3n) is 2.96. The molecule has 0 amide bonds. The van der Waals surface area contributed by atoms with Crippen molar-refractivity contribution < 1.29 is 14.4 Å². The highest BCUT2D eigenvalue weighted by molar-refractivity contribution is 5.57. The first kappa shape index (κ1) is 12.9. The molecule has 0 aliphatic carbocycles. The van der Waals surface area contributed by atoms with Gasteiger partial charge in [0.05, 0.1) is 12.0 Å². The molecule has 0 spiro atoms. The Bertz CT molecular complexity index is 813. The number of nitrogens with zero attached hydrogens (tertiary/aromatic N) is 3. The van der Waals surface area contributed by atoms with Crippen LogP contribution in [0.25, 0.3) is 5.65 Å². The van der Waals surface area contributed by atoms with Crippen LogP contribution in [0.5, 0.6) is 17.2 Å². The highest BCUT2D eigenvalue weighted by Crippen LogP contribution is 2.33. The van der Waals surface area contributed by atoms with Crippen molar-refractivity contribution in [3.63, 3.8) is 0 Å². The van der Waals surface area contributed by atoms with E-state index in [1.165, 1.54) is 25.3 Å². The van der Waals surface area contributed by atoms with Gasteiger partial charge in [0.25, 0.3) is 0 Å². The molecule has 0 aliphatic rings. The maximum absolute atomic E-state index is 10.9. The van der Waals surface area contributed by atoms with Crippen molar-refractivity contribution in [1.82, 2.24) is 9.38 Å². The Morgan fingerprint density at radius 2 is 2.10 bits per heavy atom. The molecule has 21 heavy (non-hydrogen) atoms. The molecule has 7 heteroatoms. The second kappa shape index (κ2) is 5.12. The summed E-state index contributed by atoms with van der Waals surface area (Å²) in [7, 11) is 1.38. The monoisotopic (exact) mass is 285 g/mol. The van der Waals surface area contributed by atoms with Gasteiger partial charge in [-0.3, -0.25) is 10.1 Å². The Hall–Kier alpha value is -3.09. The number of imidazole rings is 1. The number of pyridine rings is 1. The Kier molecular flexibility index (Phi) is 3.15. The number of hydrogen-bond acceptors (Lipinski definition) is 5. The molecule has 0 unspecified atom stereocenters. The zero-order valence-corrected chi connectivity index (χ0v) is 11.1. The van der Waals surface area contributed by atoms with E-state index in [0.717, 1.165) is 0 Å². The number of benzene rings is 1. The Morgan fingerprint density at radius 1 is 1.24 bits per heavy atom. The van der Waals surface area contributed by atoms with Crippen LogP contribution in [-0.4, -0.2) is 21.4 Å². The molecule has 3 aromatic rings. The molecule has 2 heterocycles. The fourth-order valence-corrected chi connectivity index (χ4v) is 2.00. The minimum Gasteiger partial charge on any atom is -0.490 e. The Morgan fingerprint density at radius 3 is 2.86 bits per heavy atom. The van der Waals surface area contributed by atoms with E-state index in [-0.39, 0.29) is 11.4 Å². The van der Waals surface area contributed by atoms with E-state index in [1.807, 2.05) is 16.7 Å². The van der Waals surface area contributed by atoms with Gasteiger partial charge in [0.1, 0.15) is 5.75 Å². The summed E-state index contributed by atoms with van der Waals surface area (Å²) in [4.78, 5) is 14.6. The van der Waals surface area contributed by atoms with Gasteiger partial charge in [-0.05, 0) is 18.2 Å². The normalized spacial score (nSPS) is 10.5. The molecule has 1 aromatic carbocycles. The zero-order valence-electron chi connectivity index (χ0n) is 11.1. The van der Waals surface area contributed by atoms with Gasteiger partial charge in [-0.25, -0.2) is 4.98 Å². The molecule has 0 bridgehead atoms. The van der Waals surface area contributed by atoms with Crippen molar-refractivity contribution in [3.8, 4) is 17.2 Å². The summed E-state index contributed by atoms with van der Waals surface area (Å²) in [5, 5.41) is 10.9. The molecule has 106 valence electrons. The summed E-state index contributed by atoms with van der Waals surface area (Å²) in [6.07, 6.45) is 5.32. The number of aromatic nitrogens is 2. The van der Waals surface area contributed by atoms with Gasteiger partial charge in [-0.2, -0.15) is 0 Å². The lowest BCUT2D eigenvalue weighted by Crippen LogP contribution is -1.95. The van der Waals surface area contributed by atoms with Crippen LogP contribution in [0.4, 0.5) is 5.69 Å². The van der Waals surface area contributed by atoms with Gasteiger partial charge >= 0.3 is 5.69 Å². The Balaban J connectivity index is 1.98. The molecule has 0 fully saturated rings. The lowest BCUT2D eigenvalue weighted by Gasteiger charge is -2.08. The number of ether oxygens (including phenoxy) is 2. The number of rotatable bonds is 4. The summed E-state index contributed by atoms with van der Waals surface area (Å²) in [5.74, 6) is 1.14. The highest BCUT2D eigenvalue weighted by Gasteiger charge is 2.16. The minimum absolute atomic E-state index is 0.108. The smallest absolute Gasteiger partial charge is 0.311 e. The summed E-state index contributed by atoms with van der Waals surface area (Å²) in [6.45, 7) is 0. The minimum atomic E-state index is -0.502. The van der Waals surface area contributed by atoms with E-state index < -0.39 is 4.92 Å². The zero-order chi connectivity index (χ0) is 14.8. The molecule has 0 radical (unpaired) electrons. The maximum Gasteiger partial charge on any atom is 0.311 e. The van der Waals surface area contributed by atoms with Crippen molar-refractivity contribution >= 4 is 11.3 Å². The standard InChI is InChI=1S/C14H11N3O4/c1-20-13-9-10(4-5-11(13)17(18)19)21-12-3-2-7-16-8-6-15-14(12)16/h2-9H,1H3. The van der Waals surface area contributed by atoms with Crippen molar-refractivity contribution in [2.45, 2.75) is 0 Å². The van der Waals surface area contributed by atoms with Crippen molar-refractivity contribution in [1.29, 1.82) is 0 Å². The van der Waals surface area contributed by atoms with Gasteiger partial charge in [0.2, 0.25) is 5.75 Å². The molecule has 0 aliphatic heterocycles. The Labute approximate surface area is 119 Å². The van der Waals surface area contributed by atoms with Crippen LogP contribution in [0.1, 0.15) is 0 Å². The molecule has 0 saturated heterocycles. The highest BCUT2D eigenvalue weighted by atomic mass is 16.6. The molecule has 0 atom stereocenters. The fourth-order valence-electron chi connectivity index (χ4n) is 2.00. The quantitative estimate of drug-likeness (QED) is 0.543. The van der Waals surface area contributed by atoms with Crippen LogP contribution in [0.15, 0.2) is 48.9 Å². The van der Waals surface area contributed by atoms with E-state index in [2.05, 4.69) is 4.98 Å². The molecular weight excluding hydrogens is 274 g/mol. The number of hydrogen-bond donors (Lipinski definition) is 0. The number of nitro groups is 1. The predicted octanol–water partition coefficient (Wildman–Crippen LogP) is 3.04. The first-order valence-corrected chi connectivity index (χ1v) is 6.11. The van der Waals surface area contributed by atoms with Crippen LogP contribution < -0.4 is 9.47 Å². The SMILES string of the molecule is COc1cc(Oc2cccn3ccnc23)ccc1[N+](=O)[O-]. The van der Waals surface area contributed by atoms with Crippen molar-refractivity contribution in [3.05, 3.63) is 59.0 Å². The third-order valence-corrected chi connectivity index (χ3v) is 2.96. The van der Waals surface area contributed by atoms with E-state index in [1.54, 1.807) is 18.5 Å². The molecule has 0 N–H and O–H groups in total. The van der Waals surface area contributed by atoms with Gasteiger partial charge < -0.3 is 13.9 Å². The summed E-state index contributed by atoms with van der Waals surface area (Å²) < 4.78 is 12.6. The summed E-state index contributed by atoms with van der Waals surface area (Å²) >= 11 is 0. The average Bonchev–Trinajstić information content (AvgIpc) is 2.96. The van der Waals surface area contributed by atoms with Crippen LogP contribution in [0.3, 0.4) is 0 Å². The van der Waals surface area contributed by atoms with Gasteiger partial charge in [0.15, 0.2) is 11.4 Å². The van der Waals surface area contributed by atoms with Crippen LogP contribution in [0, 0.1) is 10.1 Å². The van der Waals surface area contributed by atoms with Crippen LogP contribution in [0.2, 0.25) is 0 Å². The summed E-state index contributed by atoms with van der Waals surface area (Å²) in [5.41, 5.74) is 0.554. The molecular formula is C14H11N3O4. The first-order valence-electron chi connectivity index (χ1n) is 6.11. The van der Waals surface area contributed by atoms with Crippen LogP contribution in [-0.2, 0) is 0 Å². The summed E-state index contributed by atoms with van der Waals surface area (Å²) in [6, 6.07) is 7.94. The largest absolute Gasteiger partial charge is 0.490 e. The first-order chi connectivity index (χ1) is 10.2. The maximum atomic E-state index is 10.9. The second-order valence-corrected chi connectivity index (χ2v) is 4.22. The van der Waals surface area contributed by atoms with Crippen molar-refractivity contribution in [2.24, 2.45) is 0 Å². The van der Waals surface area contributed by atoms with Crippen LogP contribution >= 0.6 is 0 Å². The number of fused-ring (bicyclic) bond motifs is 1. The topological polar surface area (TPSA) is 78.9 Å².